The summed E-state index contributed by atoms with van der Waals surface area (Å²) in [5.74, 6) is -0.295. The molecule has 90 valence electrons. The van der Waals surface area contributed by atoms with Crippen LogP contribution < -0.4 is 0 Å². The van der Waals surface area contributed by atoms with Gasteiger partial charge in [-0.15, -0.1) is 0 Å². The van der Waals surface area contributed by atoms with Gasteiger partial charge in [0.25, 0.3) is 0 Å². The van der Waals surface area contributed by atoms with Crippen molar-refractivity contribution in [2.24, 2.45) is 5.92 Å². The number of aliphatic hydroxyl groups excluding tert-OH is 1. The van der Waals surface area contributed by atoms with Gasteiger partial charge in [0.05, 0.1) is 13.0 Å². The standard InChI is InChI=1S/C11H23NO3/c1-4-10(8-13)12(7-9(2)3)6-5-11(14)15/h9-10,13H,4-8H2,1-3H3,(H,14,15). The molecule has 0 saturated heterocycles. The summed E-state index contributed by atoms with van der Waals surface area (Å²) in [6.07, 6.45) is 0.992. The predicted molar refractivity (Wildman–Crippen MR) is 59.8 cm³/mol. The summed E-state index contributed by atoms with van der Waals surface area (Å²) in [7, 11) is 0. The minimum absolute atomic E-state index is 0.0896. The van der Waals surface area contributed by atoms with Gasteiger partial charge >= 0.3 is 5.97 Å². The van der Waals surface area contributed by atoms with E-state index in [1.54, 1.807) is 0 Å². The number of hydrogen-bond donors (Lipinski definition) is 2. The van der Waals surface area contributed by atoms with Gasteiger partial charge in [-0.05, 0) is 12.3 Å². The van der Waals surface area contributed by atoms with Gasteiger partial charge in [-0.25, -0.2) is 0 Å². The summed E-state index contributed by atoms with van der Waals surface area (Å²) in [5.41, 5.74) is 0. The number of rotatable bonds is 8. The maximum Gasteiger partial charge on any atom is 0.304 e. The van der Waals surface area contributed by atoms with E-state index in [2.05, 4.69) is 18.7 Å². The van der Waals surface area contributed by atoms with Crippen LogP contribution in [0.2, 0.25) is 0 Å². The average Bonchev–Trinajstić information content (AvgIpc) is 2.14. The SMILES string of the molecule is CCC(CO)N(CCC(=O)O)CC(C)C. The van der Waals surface area contributed by atoms with Crippen molar-refractivity contribution in [2.45, 2.75) is 39.7 Å². The molecule has 15 heavy (non-hydrogen) atoms. The molecule has 0 spiro atoms. The minimum atomic E-state index is -0.781. The molecule has 0 aliphatic rings. The molecule has 0 aromatic carbocycles. The van der Waals surface area contributed by atoms with Gasteiger partial charge in [0.2, 0.25) is 0 Å². The largest absolute Gasteiger partial charge is 0.481 e. The first kappa shape index (κ1) is 14.4. The lowest BCUT2D eigenvalue weighted by Crippen LogP contribution is -2.41. The molecule has 4 nitrogen and oxygen atoms in total. The van der Waals surface area contributed by atoms with E-state index in [9.17, 15) is 9.90 Å². The van der Waals surface area contributed by atoms with Crippen LogP contribution >= 0.6 is 0 Å². The Kier molecular flexibility index (Phi) is 7.34. The van der Waals surface area contributed by atoms with E-state index in [4.69, 9.17) is 5.11 Å². The highest BCUT2D eigenvalue weighted by atomic mass is 16.4. The van der Waals surface area contributed by atoms with Crippen LogP contribution in [0.4, 0.5) is 0 Å². The number of nitrogens with zero attached hydrogens (tertiary/aromatic N) is 1. The second kappa shape index (κ2) is 7.65. The van der Waals surface area contributed by atoms with Gasteiger partial charge in [0, 0.05) is 19.1 Å². The molecule has 0 radical (unpaired) electrons. The van der Waals surface area contributed by atoms with Crippen LogP contribution in [0.15, 0.2) is 0 Å². The number of aliphatic carboxylic acids is 1. The van der Waals surface area contributed by atoms with Crippen LogP contribution in [0.5, 0.6) is 0 Å². The molecule has 2 N–H and O–H groups in total. The van der Waals surface area contributed by atoms with E-state index in [-0.39, 0.29) is 19.1 Å². The summed E-state index contributed by atoms with van der Waals surface area (Å²) >= 11 is 0. The van der Waals surface area contributed by atoms with Crippen molar-refractivity contribution >= 4 is 5.97 Å². The molecule has 0 amide bonds. The average molecular weight is 217 g/mol. The third kappa shape index (κ3) is 6.47. The Labute approximate surface area is 91.9 Å². The van der Waals surface area contributed by atoms with Crippen molar-refractivity contribution in [3.05, 3.63) is 0 Å². The fourth-order valence-corrected chi connectivity index (χ4v) is 1.63. The van der Waals surface area contributed by atoms with E-state index in [0.717, 1.165) is 13.0 Å². The van der Waals surface area contributed by atoms with Crippen molar-refractivity contribution in [3.63, 3.8) is 0 Å². The molecule has 0 bridgehead atoms. The van der Waals surface area contributed by atoms with Crippen molar-refractivity contribution in [3.8, 4) is 0 Å². The highest BCUT2D eigenvalue weighted by Crippen LogP contribution is 2.08. The first-order valence-electron chi connectivity index (χ1n) is 5.57. The summed E-state index contributed by atoms with van der Waals surface area (Å²) in [6, 6.07) is 0.0896. The minimum Gasteiger partial charge on any atom is -0.481 e. The third-order valence-electron chi connectivity index (χ3n) is 2.41. The lowest BCUT2D eigenvalue weighted by atomic mass is 10.1. The first-order valence-corrected chi connectivity index (χ1v) is 5.57. The zero-order valence-corrected chi connectivity index (χ0v) is 9.94. The van der Waals surface area contributed by atoms with Gasteiger partial charge < -0.3 is 10.2 Å². The van der Waals surface area contributed by atoms with Gasteiger partial charge in [-0.3, -0.25) is 9.69 Å². The highest BCUT2D eigenvalue weighted by molar-refractivity contribution is 5.66. The summed E-state index contributed by atoms with van der Waals surface area (Å²) in [4.78, 5) is 12.6. The lowest BCUT2D eigenvalue weighted by molar-refractivity contribution is -0.137. The van der Waals surface area contributed by atoms with Crippen LogP contribution in [-0.4, -0.2) is 46.8 Å². The monoisotopic (exact) mass is 217 g/mol. The van der Waals surface area contributed by atoms with Gasteiger partial charge in [-0.2, -0.15) is 0 Å². The Bertz CT molecular complexity index is 179. The molecule has 0 aromatic heterocycles. The molecule has 0 aromatic rings. The third-order valence-corrected chi connectivity index (χ3v) is 2.41. The summed E-state index contributed by atoms with van der Waals surface area (Å²) in [5, 5.41) is 17.8. The zero-order chi connectivity index (χ0) is 11.8. The molecule has 1 unspecified atom stereocenters. The van der Waals surface area contributed by atoms with Crippen LogP contribution in [0, 0.1) is 5.92 Å². The van der Waals surface area contributed by atoms with Crippen molar-refractivity contribution in [2.75, 3.05) is 19.7 Å². The summed E-state index contributed by atoms with van der Waals surface area (Å²) < 4.78 is 0. The maximum absolute atomic E-state index is 10.5. The molecule has 0 aliphatic carbocycles. The number of aliphatic hydroxyl groups is 1. The Morgan fingerprint density at radius 3 is 2.33 bits per heavy atom. The van der Waals surface area contributed by atoms with Crippen molar-refractivity contribution < 1.29 is 15.0 Å². The van der Waals surface area contributed by atoms with E-state index in [0.29, 0.717) is 12.5 Å². The Balaban J connectivity index is 4.21. The van der Waals surface area contributed by atoms with Crippen LogP contribution in [0.25, 0.3) is 0 Å². The van der Waals surface area contributed by atoms with Gasteiger partial charge in [0.1, 0.15) is 0 Å². The van der Waals surface area contributed by atoms with E-state index in [1.807, 2.05) is 6.92 Å². The molecule has 0 rings (SSSR count). The molecule has 0 heterocycles. The second-order valence-electron chi connectivity index (χ2n) is 4.28. The van der Waals surface area contributed by atoms with Crippen molar-refractivity contribution in [1.29, 1.82) is 0 Å². The maximum atomic E-state index is 10.5. The second-order valence-corrected chi connectivity index (χ2v) is 4.28. The van der Waals surface area contributed by atoms with Gasteiger partial charge in [0.15, 0.2) is 0 Å². The Morgan fingerprint density at radius 2 is 2.00 bits per heavy atom. The molecule has 0 saturated carbocycles. The molecular weight excluding hydrogens is 194 g/mol. The molecule has 1 atom stereocenters. The zero-order valence-electron chi connectivity index (χ0n) is 9.94. The van der Waals surface area contributed by atoms with E-state index >= 15 is 0 Å². The van der Waals surface area contributed by atoms with Crippen molar-refractivity contribution in [1.82, 2.24) is 4.90 Å². The molecular formula is C11H23NO3. The smallest absolute Gasteiger partial charge is 0.304 e. The van der Waals surface area contributed by atoms with Crippen LogP contribution in [0.3, 0.4) is 0 Å². The van der Waals surface area contributed by atoms with Crippen LogP contribution in [-0.2, 0) is 4.79 Å². The topological polar surface area (TPSA) is 60.8 Å². The quantitative estimate of drug-likeness (QED) is 0.641. The molecule has 4 heteroatoms. The summed E-state index contributed by atoms with van der Waals surface area (Å²) in [6.45, 7) is 7.66. The number of carboxylic acids is 1. The van der Waals surface area contributed by atoms with Gasteiger partial charge in [-0.1, -0.05) is 20.8 Å². The van der Waals surface area contributed by atoms with E-state index < -0.39 is 5.97 Å². The normalized spacial score (nSPS) is 13.5. The van der Waals surface area contributed by atoms with Crippen LogP contribution in [0.1, 0.15) is 33.6 Å². The first-order chi connectivity index (χ1) is 7.01. The molecule has 0 fully saturated rings. The predicted octanol–water partition coefficient (Wildman–Crippen LogP) is 1.19. The lowest BCUT2D eigenvalue weighted by Gasteiger charge is -2.30. The van der Waals surface area contributed by atoms with E-state index in [1.165, 1.54) is 0 Å². The Morgan fingerprint density at radius 1 is 1.40 bits per heavy atom. The fraction of sp³-hybridized carbons (Fsp3) is 0.909. The fourth-order valence-electron chi connectivity index (χ4n) is 1.63. The molecule has 0 aliphatic heterocycles. The number of carbonyl (C=O) groups is 1. The Hall–Kier alpha value is -0.610. The number of hydrogen-bond acceptors (Lipinski definition) is 3. The number of carboxylic acid groups (broad SMARTS) is 1. The highest BCUT2D eigenvalue weighted by Gasteiger charge is 2.17.